The lowest BCUT2D eigenvalue weighted by Crippen LogP contribution is -2.12. The fourth-order valence-electron chi connectivity index (χ4n) is 2.34. The number of carbonyl (C=O) groups is 2. The van der Waals surface area contributed by atoms with Crippen molar-refractivity contribution < 1.29 is 14.3 Å². The Balaban J connectivity index is 1.65. The van der Waals surface area contributed by atoms with Crippen molar-refractivity contribution in [2.75, 3.05) is 5.32 Å². The number of anilines is 1. The number of aryl methyl sites for hydroxylation is 1. The summed E-state index contributed by atoms with van der Waals surface area (Å²) in [6.45, 7) is 2.11. The average molecular weight is 362 g/mol. The number of hydrogen-bond donors (Lipinski definition) is 2. The van der Waals surface area contributed by atoms with E-state index in [-0.39, 0.29) is 18.1 Å². The Morgan fingerprint density at radius 2 is 1.93 bits per heavy atom. The molecule has 2 aromatic heterocycles. The molecule has 0 aliphatic rings. The molecule has 0 spiro atoms. The van der Waals surface area contributed by atoms with Gasteiger partial charge in [0.25, 0.3) is 5.91 Å². The van der Waals surface area contributed by atoms with E-state index in [9.17, 15) is 9.59 Å². The van der Waals surface area contributed by atoms with Crippen LogP contribution in [0.1, 0.15) is 32.0 Å². The van der Waals surface area contributed by atoms with Crippen LogP contribution in [-0.4, -0.2) is 21.8 Å². The molecule has 0 aliphatic carbocycles. The molecule has 0 aliphatic heterocycles. The summed E-state index contributed by atoms with van der Waals surface area (Å²) in [5.41, 5.74) is 8.33. The van der Waals surface area contributed by atoms with E-state index >= 15 is 0 Å². The first kappa shape index (κ1) is 18.1. The normalized spacial score (nSPS) is 10.3. The first-order valence-electron chi connectivity index (χ1n) is 8.22. The summed E-state index contributed by atoms with van der Waals surface area (Å²) in [6.07, 6.45) is 4.42. The highest BCUT2D eigenvalue weighted by molar-refractivity contribution is 6.04. The first-order valence-corrected chi connectivity index (χ1v) is 8.22. The van der Waals surface area contributed by atoms with E-state index in [1.807, 2.05) is 25.1 Å². The molecule has 3 N–H and O–H groups in total. The van der Waals surface area contributed by atoms with E-state index in [0.29, 0.717) is 17.0 Å². The Kier molecular flexibility index (Phi) is 5.41. The van der Waals surface area contributed by atoms with Crippen molar-refractivity contribution in [1.82, 2.24) is 9.97 Å². The van der Waals surface area contributed by atoms with E-state index in [1.165, 1.54) is 24.7 Å². The maximum atomic E-state index is 12.3. The lowest BCUT2D eigenvalue weighted by Gasteiger charge is -2.09. The molecule has 2 heterocycles. The summed E-state index contributed by atoms with van der Waals surface area (Å²) in [7, 11) is 0. The number of benzene rings is 1. The standard InChI is InChI=1S/C20H18N4O3/c1-13-5-6-15(10-23-13)20(26)24-17-4-2-3-14(7-17)12-27-18-8-16(19(21)25)9-22-11-18/h2-11H,12H2,1H3,(H2,21,25)(H,24,26). The molecule has 27 heavy (non-hydrogen) atoms. The monoisotopic (exact) mass is 362 g/mol. The molecule has 1 aromatic carbocycles. The van der Waals surface area contributed by atoms with Crippen LogP contribution >= 0.6 is 0 Å². The summed E-state index contributed by atoms with van der Waals surface area (Å²) in [5, 5.41) is 2.83. The van der Waals surface area contributed by atoms with Crippen LogP contribution in [0.4, 0.5) is 5.69 Å². The summed E-state index contributed by atoms with van der Waals surface area (Å²) < 4.78 is 5.65. The van der Waals surface area contributed by atoms with Gasteiger partial charge >= 0.3 is 0 Å². The van der Waals surface area contributed by atoms with E-state index < -0.39 is 5.91 Å². The van der Waals surface area contributed by atoms with Crippen LogP contribution < -0.4 is 15.8 Å². The van der Waals surface area contributed by atoms with Gasteiger partial charge in [0, 0.05) is 23.8 Å². The summed E-state index contributed by atoms with van der Waals surface area (Å²) >= 11 is 0. The summed E-state index contributed by atoms with van der Waals surface area (Å²) in [5.74, 6) is -0.367. The van der Waals surface area contributed by atoms with Crippen LogP contribution in [-0.2, 0) is 6.61 Å². The van der Waals surface area contributed by atoms with E-state index in [4.69, 9.17) is 10.5 Å². The number of amides is 2. The largest absolute Gasteiger partial charge is 0.487 e. The minimum Gasteiger partial charge on any atom is -0.487 e. The highest BCUT2D eigenvalue weighted by Gasteiger charge is 2.07. The Morgan fingerprint density at radius 1 is 1.07 bits per heavy atom. The van der Waals surface area contributed by atoms with E-state index in [2.05, 4.69) is 15.3 Å². The Hall–Kier alpha value is -3.74. The molecular formula is C20H18N4O3. The highest BCUT2D eigenvalue weighted by Crippen LogP contribution is 2.16. The zero-order valence-corrected chi connectivity index (χ0v) is 14.7. The van der Waals surface area contributed by atoms with E-state index in [0.717, 1.165) is 11.3 Å². The number of nitrogens with two attached hydrogens (primary N) is 1. The smallest absolute Gasteiger partial charge is 0.257 e. The molecule has 3 aromatic rings. The number of rotatable bonds is 6. The maximum absolute atomic E-state index is 12.3. The van der Waals surface area contributed by atoms with Gasteiger partial charge in [-0.15, -0.1) is 0 Å². The number of ether oxygens (including phenoxy) is 1. The third kappa shape index (κ3) is 4.88. The van der Waals surface area contributed by atoms with Crippen molar-refractivity contribution in [3.63, 3.8) is 0 Å². The molecule has 7 nitrogen and oxygen atoms in total. The van der Waals surface area contributed by atoms with Gasteiger partial charge in [0.15, 0.2) is 0 Å². The predicted molar refractivity (Wildman–Crippen MR) is 100 cm³/mol. The molecule has 0 atom stereocenters. The summed E-state index contributed by atoms with van der Waals surface area (Å²) in [4.78, 5) is 31.5. The minimum atomic E-state index is -0.566. The van der Waals surface area contributed by atoms with Gasteiger partial charge < -0.3 is 15.8 Å². The molecule has 0 fully saturated rings. The lowest BCUT2D eigenvalue weighted by molar-refractivity contribution is 0.0996. The van der Waals surface area contributed by atoms with Gasteiger partial charge in [0.05, 0.1) is 17.3 Å². The highest BCUT2D eigenvalue weighted by atomic mass is 16.5. The SMILES string of the molecule is Cc1ccc(C(=O)Nc2cccc(COc3cncc(C(N)=O)c3)c2)cn1. The van der Waals surface area contributed by atoms with Crippen LogP contribution in [0.5, 0.6) is 5.75 Å². The second-order valence-corrected chi connectivity index (χ2v) is 5.91. The van der Waals surface area contributed by atoms with Crippen molar-refractivity contribution in [3.8, 4) is 5.75 Å². The van der Waals surface area contributed by atoms with Crippen LogP contribution in [0.15, 0.2) is 61.1 Å². The Labute approximate surface area is 156 Å². The molecule has 3 rings (SSSR count). The zero-order chi connectivity index (χ0) is 19.2. The molecule has 7 heteroatoms. The van der Waals surface area contributed by atoms with Crippen LogP contribution in [0.25, 0.3) is 0 Å². The van der Waals surface area contributed by atoms with Crippen LogP contribution in [0.2, 0.25) is 0 Å². The molecule has 0 bridgehead atoms. The number of aromatic nitrogens is 2. The van der Waals surface area contributed by atoms with E-state index in [1.54, 1.807) is 18.2 Å². The summed E-state index contributed by atoms with van der Waals surface area (Å²) in [6, 6.07) is 12.3. The minimum absolute atomic E-state index is 0.237. The molecule has 2 amide bonds. The second kappa shape index (κ2) is 8.09. The van der Waals surface area contributed by atoms with Crippen molar-refractivity contribution in [2.24, 2.45) is 5.73 Å². The van der Waals surface area contributed by atoms with Crippen molar-refractivity contribution in [2.45, 2.75) is 13.5 Å². The van der Waals surface area contributed by atoms with Crippen molar-refractivity contribution in [1.29, 1.82) is 0 Å². The molecule has 136 valence electrons. The van der Waals surface area contributed by atoms with Crippen LogP contribution in [0.3, 0.4) is 0 Å². The predicted octanol–water partition coefficient (Wildman–Crippen LogP) is 2.72. The number of nitrogens with zero attached hydrogens (tertiary/aromatic N) is 2. The molecular weight excluding hydrogens is 344 g/mol. The third-order valence-corrected chi connectivity index (χ3v) is 3.76. The van der Waals surface area contributed by atoms with Gasteiger partial charge in [-0.05, 0) is 42.8 Å². The fourth-order valence-corrected chi connectivity index (χ4v) is 2.34. The van der Waals surface area contributed by atoms with Crippen molar-refractivity contribution >= 4 is 17.5 Å². The number of pyridine rings is 2. The molecule has 0 saturated heterocycles. The quantitative estimate of drug-likeness (QED) is 0.701. The second-order valence-electron chi connectivity index (χ2n) is 5.91. The van der Waals surface area contributed by atoms with Gasteiger partial charge in [0.1, 0.15) is 12.4 Å². The number of carbonyl (C=O) groups excluding carboxylic acids is 2. The number of primary amides is 1. The molecule has 0 radical (unpaired) electrons. The van der Waals surface area contributed by atoms with Gasteiger partial charge in [-0.25, -0.2) is 0 Å². The van der Waals surface area contributed by atoms with Gasteiger partial charge in [-0.2, -0.15) is 0 Å². The van der Waals surface area contributed by atoms with Crippen LogP contribution in [0, 0.1) is 6.92 Å². The Bertz CT molecular complexity index is 971. The zero-order valence-electron chi connectivity index (χ0n) is 14.7. The van der Waals surface area contributed by atoms with Crippen molar-refractivity contribution in [3.05, 3.63) is 83.4 Å². The van der Waals surface area contributed by atoms with Gasteiger partial charge in [-0.1, -0.05) is 12.1 Å². The van der Waals surface area contributed by atoms with Gasteiger partial charge in [-0.3, -0.25) is 19.6 Å². The molecule has 0 unspecified atom stereocenters. The first-order chi connectivity index (χ1) is 13.0. The topological polar surface area (TPSA) is 107 Å². The number of nitrogens with one attached hydrogen (secondary N) is 1. The average Bonchev–Trinajstić information content (AvgIpc) is 2.67. The Morgan fingerprint density at radius 3 is 2.67 bits per heavy atom. The molecule has 0 saturated carbocycles. The van der Waals surface area contributed by atoms with Gasteiger partial charge in [0.2, 0.25) is 5.91 Å². The third-order valence-electron chi connectivity index (χ3n) is 3.76. The lowest BCUT2D eigenvalue weighted by atomic mass is 10.2. The fraction of sp³-hybridized carbons (Fsp3) is 0.100. The maximum Gasteiger partial charge on any atom is 0.257 e. The number of hydrogen-bond acceptors (Lipinski definition) is 5.